The van der Waals surface area contributed by atoms with Crippen LogP contribution in [0.1, 0.15) is 37.4 Å². The van der Waals surface area contributed by atoms with Crippen LogP contribution in [0.4, 0.5) is 0 Å². The third-order valence-electron chi connectivity index (χ3n) is 3.44. The normalized spacial score (nSPS) is 22.8. The molecule has 2 N–H and O–H groups in total. The van der Waals surface area contributed by atoms with Gasteiger partial charge in [-0.15, -0.1) is 10.2 Å². The first kappa shape index (κ1) is 12.9. The van der Waals surface area contributed by atoms with Gasteiger partial charge in [-0.1, -0.05) is 11.8 Å². The maximum absolute atomic E-state index is 10.9. The third-order valence-corrected chi connectivity index (χ3v) is 4.43. The number of primary amides is 1. The van der Waals surface area contributed by atoms with E-state index >= 15 is 0 Å². The van der Waals surface area contributed by atoms with Gasteiger partial charge in [-0.05, 0) is 25.7 Å². The number of ether oxygens (including phenoxy) is 1. The number of rotatable bonds is 6. The van der Waals surface area contributed by atoms with E-state index in [0.717, 1.165) is 37.0 Å². The minimum atomic E-state index is -0.329. The van der Waals surface area contributed by atoms with Gasteiger partial charge in [0.15, 0.2) is 5.16 Å². The zero-order valence-corrected chi connectivity index (χ0v) is 11.6. The molecule has 1 aliphatic carbocycles. The number of nitrogens with zero attached hydrogens (tertiary/aromatic N) is 3. The van der Waals surface area contributed by atoms with Crippen molar-refractivity contribution in [3.8, 4) is 0 Å². The number of carbonyl (C=O) groups is 1. The molecule has 2 fully saturated rings. The van der Waals surface area contributed by atoms with Crippen LogP contribution in [0.5, 0.6) is 0 Å². The van der Waals surface area contributed by atoms with Crippen LogP contribution in [0, 0.1) is 0 Å². The molecule has 1 amide bonds. The number of carbonyl (C=O) groups excluding carboxylic acids is 1. The molecular formula is C12H18N4O2S. The summed E-state index contributed by atoms with van der Waals surface area (Å²) >= 11 is 1.36. The van der Waals surface area contributed by atoms with Gasteiger partial charge >= 0.3 is 0 Å². The monoisotopic (exact) mass is 282 g/mol. The highest BCUT2D eigenvalue weighted by atomic mass is 32.2. The summed E-state index contributed by atoms with van der Waals surface area (Å²) in [5, 5.41) is 9.27. The summed E-state index contributed by atoms with van der Waals surface area (Å²) in [6, 6.07) is 0. The van der Waals surface area contributed by atoms with Crippen molar-refractivity contribution in [3.63, 3.8) is 0 Å². The molecule has 0 radical (unpaired) electrons. The maximum Gasteiger partial charge on any atom is 0.227 e. The Morgan fingerprint density at radius 1 is 1.42 bits per heavy atom. The van der Waals surface area contributed by atoms with Gasteiger partial charge in [-0.3, -0.25) is 4.79 Å². The molecule has 0 bridgehead atoms. The Labute approximate surface area is 116 Å². The summed E-state index contributed by atoms with van der Waals surface area (Å²) in [6.45, 7) is 1.63. The van der Waals surface area contributed by atoms with Crippen LogP contribution < -0.4 is 5.73 Å². The molecule has 1 atom stereocenters. The number of hydrogen-bond donors (Lipinski definition) is 1. The summed E-state index contributed by atoms with van der Waals surface area (Å²) in [4.78, 5) is 10.9. The van der Waals surface area contributed by atoms with Crippen LogP contribution in [-0.2, 0) is 16.1 Å². The van der Waals surface area contributed by atoms with Crippen LogP contribution in [0.15, 0.2) is 5.16 Å². The fourth-order valence-electron chi connectivity index (χ4n) is 2.35. The van der Waals surface area contributed by atoms with Crippen molar-refractivity contribution in [3.05, 3.63) is 5.82 Å². The molecule has 1 saturated carbocycles. The lowest BCUT2D eigenvalue weighted by molar-refractivity contribution is -0.115. The molecule has 19 heavy (non-hydrogen) atoms. The Hall–Kier alpha value is -1.08. The van der Waals surface area contributed by atoms with E-state index in [1.807, 2.05) is 0 Å². The number of nitrogens with two attached hydrogens (primary N) is 1. The van der Waals surface area contributed by atoms with Gasteiger partial charge in [-0.2, -0.15) is 0 Å². The first-order chi connectivity index (χ1) is 9.24. The van der Waals surface area contributed by atoms with E-state index in [4.69, 9.17) is 10.5 Å². The van der Waals surface area contributed by atoms with E-state index < -0.39 is 0 Å². The third kappa shape index (κ3) is 3.09. The van der Waals surface area contributed by atoms with Crippen molar-refractivity contribution >= 4 is 17.7 Å². The highest BCUT2D eigenvalue weighted by molar-refractivity contribution is 7.99. The van der Waals surface area contributed by atoms with Crippen molar-refractivity contribution in [1.82, 2.24) is 14.8 Å². The second-order valence-electron chi connectivity index (χ2n) is 5.12. The lowest BCUT2D eigenvalue weighted by Crippen LogP contribution is -2.18. The molecule has 2 heterocycles. The molecule has 0 aromatic carbocycles. The van der Waals surface area contributed by atoms with Gasteiger partial charge < -0.3 is 15.0 Å². The van der Waals surface area contributed by atoms with Gasteiger partial charge in [0, 0.05) is 12.5 Å². The van der Waals surface area contributed by atoms with Crippen LogP contribution in [0.25, 0.3) is 0 Å². The summed E-state index contributed by atoms with van der Waals surface area (Å²) in [5.41, 5.74) is 5.19. The van der Waals surface area contributed by atoms with Crippen LogP contribution >= 0.6 is 11.8 Å². The Kier molecular flexibility index (Phi) is 3.74. The summed E-state index contributed by atoms with van der Waals surface area (Å²) in [7, 11) is 0. The first-order valence-corrected chi connectivity index (χ1v) is 7.68. The zero-order chi connectivity index (χ0) is 13.2. The molecule has 7 heteroatoms. The Morgan fingerprint density at radius 2 is 2.26 bits per heavy atom. The summed E-state index contributed by atoms with van der Waals surface area (Å²) in [5.74, 6) is 1.50. The van der Waals surface area contributed by atoms with E-state index in [0.29, 0.717) is 5.92 Å². The van der Waals surface area contributed by atoms with Gasteiger partial charge in [0.25, 0.3) is 0 Å². The minimum absolute atomic E-state index is 0.244. The van der Waals surface area contributed by atoms with Crippen molar-refractivity contribution in [2.75, 3.05) is 12.4 Å². The standard InChI is InChI=1S/C12H18N4O2S/c13-10(17)7-19-12-15-14-11(8-3-4-8)16(12)6-9-2-1-5-18-9/h8-9H,1-7H2,(H2,13,17)/t9-/m0/s1. The van der Waals surface area contributed by atoms with Gasteiger partial charge in [0.1, 0.15) is 5.82 Å². The number of aromatic nitrogens is 3. The molecule has 1 aromatic rings. The average molecular weight is 282 g/mol. The molecule has 3 rings (SSSR count). The molecule has 0 spiro atoms. The number of amides is 1. The molecule has 6 nitrogen and oxygen atoms in total. The summed E-state index contributed by atoms with van der Waals surface area (Å²) in [6.07, 6.45) is 4.83. The molecule has 104 valence electrons. The minimum Gasteiger partial charge on any atom is -0.376 e. The average Bonchev–Trinajstić information content (AvgIpc) is 2.95. The van der Waals surface area contributed by atoms with E-state index in [9.17, 15) is 4.79 Å². The van der Waals surface area contributed by atoms with Gasteiger partial charge in [-0.25, -0.2) is 0 Å². The fourth-order valence-corrected chi connectivity index (χ4v) is 3.04. The number of thioether (sulfide) groups is 1. The molecule has 2 aliphatic rings. The van der Waals surface area contributed by atoms with Crippen molar-refractivity contribution in [2.45, 2.75) is 49.4 Å². The lowest BCUT2D eigenvalue weighted by atomic mass is 10.2. The number of hydrogen-bond acceptors (Lipinski definition) is 5. The van der Waals surface area contributed by atoms with Crippen LogP contribution in [0.3, 0.4) is 0 Å². The Morgan fingerprint density at radius 3 is 2.89 bits per heavy atom. The second-order valence-corrected chi connectivity index (χ2v) is 6.06. The Balaban J connectivity index is 1.75. The van der Waals surface area contributed by atoms with Crippen LogP contribution in [-0.4, -0.2) is 39.1 Å². The predicted octanol–water partition coefficient (Wildman–Crippen LogP) is 0.912. The SMILES string of the molecule is NC(=O)CSc1nnc(C2CC2)n1C[C@@H]1CCCO1. The zero-order valence-electron chi connectivity index (χ0n) is 10.7. The highest BCUT2D eigenvalue weighted by Crippen LogP contribution is 2.40. The molecule has 1 aromatic heterocycles. The topological polar surface area (TPSA) is 83.0 Å². The maximum atomic E-state index is 10.9. The van der Waals surface area contributed by atoms with Gasteiger partial charge in [0.05, 0.1) is 18.4 Å². The predicted molar refractivity (Wildman–Crippen MR) is 70.9 cm³/mol. The van der Waals surface area contributed by atoms with Crippen molar-refractivity contribution in [1.29, 1.82) is 0 Å². The smallest absolute Gasteiger partial charge is 0.227 e. The summed E-state index contributed by atoms with van der Waals surface area (Å²) < 4.78 is 7.81. The molecule has 1 aliphatic heterocycles. The van der Waals surface area contributed by atoms with E-state index in [1.54, 1.807) is 0 Å². The molecule has 0 unspecified atom stereocenters. The van der Waals surface area contributed by atoms with E-state index in [-0.39, 0.29) is 17.8 Å². The quantitative estimate of drug-likeness (QED) is 0.784. The second kappa shape index (κ2) is 5.50. The van der Waals surface area contributed by atoms with Gasteiger partial charge in [0.2, 0.25) is 5.91 Å². The molecular weight excluding hydrogens is 264 g/mol. The van der Waals surface area contributed by atoms with Crippen molar-refractivity contribution < 1.29 is 9.53 Å². The van der Waals surface area contributed by atoms with Crippen LogP contribution in [0.2, 0.25) is 0 Å². The molecule has 1 saturated heterocycles. The fraction of sp³-hybridized carbons (Fsp3) is 0.750. The van der Waals surface area contributed by atoms with E-state index in [1.165, 1.54) is 24.6 Å². The first-order valence-electron chi connectivity index (χ1n) is 6.70. The highest BCUT2D eigenvalue weighted by Gasteiger charge is 2.31. The lowest BCUT2D eigenvalue weighted by Gasteiger charge is -2.14. The largest absolute Gasteiger partial charge is 0.376 e. The Bertz CT molecular complexity index is 466. The van der Waals surface area contributed by atoms with Crippen molar-refractivity contribution in [2.24, 2.45) is 5.73 Å². The van der Waals surface area contributed by atoms with E-state index in [2.05, 4.69) is 14.8 Å².